The van der Waals surface area contributed by atoms with Crippen molar-refractivity contribution in [2.24, 2.45) is 0 Å². The molecule has 2 aliphatic rings. The quantitative estimate of drug-likeness (QED) is 0.336. The lowest BCUT2D eigenvalue weighted by molar-refractivity contribution is -0.178. The highest BCUT2D eigenvalue weighted by Gasteiger charge is 2.67. The van der Waals surface area contributed by atoms with E-state index in [0.717, 1.165) is 33.6 Å². The summed E-state index contributed by atoms with van der Waals surface area (Å²) >= 11 is 0. The Morgan fingerprint density at radius 2 is 1.57 bits per heavy atom. The number of carbonyl (C=O) groups excluding carboxylic acids is 2. The fourth-order valence-electron chi connectivity index (χ4n) is 6.01. The van der Waals surface area contributed by atoms with Crippen molar-refractivity contribution < 1.29 is 19.1 Å². The molecule has 0 aliphatic carbocycles. The third-order valence-electron chi connectivity index (χ3n) is 7.62. The molecule has 1 saturated heterocycles. The highest BCUT2D eigenvalue weighted by molar-refractivity contribution is 6.04. The minimum absolute atomic E-state index is 0.131. The number of aryl methyl sites for hydroxylation is 3. The zero-order valence-corrected chi connectivity index (χ0v) is 22.9. The molecule has 3 atom stereocenters. The summed E-state index contributed by atoms with van der Waals surface area (Å²) in [4.78, 5) is 40.2. The van der Waals surface area contributed by atoms with Crippen LogP contribution in [0.1, 0.15) is 39.9 Å². The zero-order valence-electron chi connectivity index (χ0n) is 22.9. The molecule has 1 aromatic heterocycles. The number of anilines is 1. The number of nitrogens with zero attached hydrogens (tertiary/aromatic N) is 4. The van der Waals surface area contributed by atoms with Crippen molar-refractivity contribution in [3.8, 4) is 6.01 Å². The van der Waals surface area contributed by atoms with Gasteiger partial charge in [-0.15, -0.1) is 0 Å². The summed E-state index contributed by atoms with van der Waals surface area (Å²) in [5.41, 5.74) is 4.49. The summed E-state index contributed by atoms with van der Waals surface area (Å²) in [7, 11) is 1.58. The van der Waals surface area contributed by atoms with Crippen molar-refractivity contribution in [1.29, 1.82) is 0 Å². The van der Waals surface area contributed by atoms with Gasteiger partial charge in [-0.25, -0.2) is 9.97 Å². The maximum Gasteiger partial charge on any atom is 0.317 e. The highest BCUT2D eigenvalue weighted by Crippen LogP contribution is 2.53. The maximum atomic E-state index is 14.1. The van der Waals surface area contributed by atoms with E-state index in [1.54, 1.807) is 16.9 Å². The van der Waals surface area contributed by atoms with Gasteiger partial charge in [0, 0.05) is 29.6 Å². The lowest BCUT2D eigenvalue weighted by atomic mass is 9.69. The molecule has 0 N–H and O–H groups in total. The normalized spacial score (nSPS) is 20.8. The summed E-state index contributed by atoms with van der Waals surface area (Å²) in [6, 6.07) is 27.2. The maximum absolute atomic E-state index is 14.1. The number of β-lactam (4-membered cyclic amide) rings is 1. The number of methoxy groups -OCH3 is 1. The van der Waals surface area contributed by atoms with Crippen LogP contribution in [0.3, 0.4) is 0 Å². The van der Waals surface area contributed by atoms with E-state index in [9.17, 15) is 9.59 Å². The van der Waals surface area contributed by atoms with E-state index in [0.29, 0.717) is 5.69 Å². The number of carbonyl (C=O) groups is 2. The standard InChI is InChI=1S/C32H30N4O4/c1-20-11-10-14-24(17-20)32-25-15-8-9-16-26(25)36(30(39-4)23-12-6-5-7-13-23)27(37)19-35(32)29(38)28(32)40-31-33-21(2)18-22(3)34-31/h5-18,28,30H,19H2,1-4H3/t28-,30?,32+/m1/s1. The van der Waals surface area contributed by atoms with E-state index >= 15 is 0 Å². The zero-order chi connectivity index (χ0) is 28.0. The van der Waals surface area contributed by atoms with E-state index in [2.05, 4.69) is 9.97 Å². The Balaban J connectivity index is 1.59. The third kappa shape index (κ3) is 3.95. The van der Waals surface area contributed by atoms with Crippen molar-refractivity contribution in [2.75, 3.05) is 18.6 Å². The van der Waals surface area contributed by atoms with Gasteiger partial charge in [0.25, 0.3) is 5.91 Å². The van der Waals surface area contributed by atoms with Crippen LogP contribution < -0.4 is 9.64 Å². The second-order valence-corrected chi connectivity index (χ2v) is 10.3. The first-order valence-corrected chi connectivity index (χ1v) is 13.2. The molecule has 202 valence electrons. The molecule has 2 aliphatic heterocycles. The largest absolute Gasteiger partial charge is 0.447 e. The summed E-state index contributed by atoms with van der Waals surface area (Å²) < 4.78 is 12.3. The van der Waals surface area contributed by atoms with Crippen molar-refractivity contribution in [2.45, 2.75) is 38.6 Å². The topological polar surface area (TPSA) is 84.9 Å². The first-order chi connectivity index (χ1) is 19.3. The second-order valence-electron chi connectivity index (χ2n) is 10.3. The predicted molar refractivity (Wildman–Crippen MR) is 150 cm³/mol. The number of fused-ring (bicyclic) bond motifs is 3. The van der Waals surface area contributed by atoms with Gasteiger partial charge in [0.1, 0.15) is 12.1 Å². The molecule has 0 bridgehead atoms. The SMILES string of the molecule is COC(c1ccccc1)N1C(=O)CN2C(=O)[C@@H](Oc3nc(C)cc(C)n3)[C@]2(c2cccc(C)c2)c2ccccc21. The minimum Gasteiger partial charge on any atom is -0.447 e. The Hall–Kier alpha value is -4.56. The van der Waals surface area contributed by atoms with Crippen LogP contribution in [0, 0.1) is 20.8 Å². The van der Waals surface area contributed by atoms with E-state index in [4.69, 9.17) is 9.47 Å². The molecule has 1 unspecified atom stereocenters. The minimum atomic E-state index is -1.10. The van der Waals surface area contributed by atoms with Crippen molar-refractivity contribution >= 4 is 17.5 Å². The van der Waals surface area contributed by atoms with Gasteiger partial charge in [0.15, 0.2) is 6.23 Å². The Bertz CT molecular complexity index is 1590. The smallest absolute Gasteiger partial charge is 0.317 e. The third-order valence-corrected chi connectivity index (χ3v) is 7.62. The van der Waals surface area contributed by atoms with Crippen molar-refractivity contribution in [3.63, 3.8) is 0 Å². The van der Waals surface area contributed by atoms with Gasteiger partial charge >= 0.3 is 6.01 Å². The highest BCUT2D eigenvalue weighted by atomic mass is 16.5. The van der Waals surface area contributed by atoms with Crippen LogP contribution in [-0.4, -0.2) is 46.4 Å². The molecule has 8 nitrogen and oxygen atoms in total. The lowest BCUT2D eigenvalue weighted by Crippen LogP contribution is -2.74. The number of aromatic nitrogens is 2. The average Bonchev–Trinajstić information content (AvgIpc) is 3.04. The van der Waals surface area contributed by atoms with Crippen LogP contribution in [0.2, 0.25) is 0 Å². The van der Waals surface area contributed by atoms with Gasteiger partial charge in [-0.2, -0.15) is 0 Å². The summed E-state index contributed by atoms with van der Waals surface area (Å²) in [6.07, 6.45) is -1.68. The summed E-state index contributed by atoms with van der Waals surface area (Å²) in [5, 5.41) is 0. The molecule has 0 saturated carbocycles. The Morgan fingerprint density at radius 1 is 0.875 bits per heavy atom. The number of hydrogen-bond acceptors (Lipinski definition) is 6. The molecular formula is C32H30N4O4. The molecule has 0 spiro atoms. The Kier molecular flexibility index (Phi) is 6.35. The van der Waals surface area contributed by atoms with Gasteiger partial charge in [-0.1, -0.05) is 78.4 Å². The molecular weight excluding hydrogens is 504 g/mol. The van der Waals surface area contributed by atoms with Crippen LogP contribution in [0.5, 0.6) is 6.01 Å². The van der Waals surface area contributed by atoms with E-state index < -0.39 is 17.9 Å². The number of rotatable bonds is 6. The fourth-order valence-corrected chi connectivity index (χ4v) is 6.01. The van der Waals surface area contributed by atoms with Crippen molar-refractivity contribution in [3.05, 3.63) is 119 Å². The number of hydrogen-bond donors (Lipinski definition) is 0. The number of benzene rings is 3. The van der Waals surface area contributed by atoms with Gasteiger partial charge in [0.2, 0.25) is 12.0 Å². The first-order valence-electron chi connectivity index (χ1n) is 13.2. The molecule has 40 heavy (non-hydrogen) atoms. The van der Waals surface area contributed by atoms with E-state index in [1.807, 2.05) is 106 Å². The van der Waals surface area contributed by atoms with Crippen LogP contribution in [-0.2, 0) is 19.9 Å². The molecule has 6 rings (SSSR count). The number of ether oxygens (including phenoxy) is 2. The van der Waals surface area contributed by atoms with Crippen LogP contribution >= 0.6 is 0 Å². The van der Waals surface area contributed by atoms with Gasteiger partial charge in [-0.3, -0.25) is 14.5 Å². The molecule has 3 aromatic carbocycles. The molecule has 4 aromatic rings. The molecule has 3 heterocycles. The number of para-hydroxylation sites is 1. The average molecular weight is 535 g/mol. The summed E-state index contributed by atoms with van der Waals surface area (Å²) in [5.74, 6) is -0.560. The van der Waals surface area contributed by atoms with Gasteiger partial charge in [0.05, 0.1) is 5.69 Å². The van der Waals surface area contributed by atoms with E-state index in [1.165, 1.54) is 0 Å². The van der Waals surface area contributed by atoms with Crippen LogP contribution in [0.15, 0.2) is 84.9 Å². The molecule has 0 radical (unpaired) electrons. The van der Waals surface area contributed by atoms with Gasteiger partial charge < -0.3 is 14.4 Å². The predicted octanol–water partition coefficient (Wildman–Crippen LogP) is 4.63. The molecule has 2 amide bonds. The van der Waals surface area contributed by atoms with E-state index in [-0.39, 0.29) is 24.4 Å². The second kappa shape index (κ2) is 9.88. The van der Waals surface area contributed by atoms with Crippen LogP contribution in [0.25, 0.3) is 0 Å². The molecule has 1 fully saturated rings. The monoisotopic (exact) mass is 534 g/mol. The molecule has 8 heteroatoms. The summed E-state index contributed by atoms with van der Waals surface area (Å²) in [6.45, 7) is 5.57. The van der Waals surface area contributed by atoms with Crippen LogP contribution in [0.4, 0.5) is 5.69 Å². The van der Waals surface area contributed by atoms with Crippen molar-refractivity contribution in [1.82, 2.24) is 14.9 Å². The Morgan fingerprint density at radius 3 is 2.27 bits per heavy atom. The Labute approximate surface area is 233 Å². The fraction of sp³-hybridized carbons (Fsp3) is 0.250. The lowest BCUT2D eigenvalue weighted by Gasteiger charge is -2.55. The van der Waals surface area contributed by atoms with Gasteiger partial charge in [-0.05, 0) is 38.5 Å². The first kappa shape index (κ1) is 25.7. The number of amides is 2.